The van der Waals surface area contributed by atoms with Crippen molar-refractivity contribution in [1.29, 1.82) is 0 Å². The summed E-state index contributed by atoms with van der Waals surface area (Å²) in [6, 6.07) is 15.9. The first-order valence-electron chi connectivity index (χ1n) is 9.64. The SMILES string of the molecule is NS(=O)(=O)c1cccc(NC(=O)C(Cc2c[nH]c3ccccc23)NC(=O)c2cccs2)c1. The van der Waals surface area contributed by atoms with Crippen LogP contribution in [0.4, 0.5) is 5.69 Å². The van der Waals surface area contributed by atoms with E-state index in [1.165, 1.54) is 29.5 Å². The van der Waals surface area contributed by atoms with Crippen molar-refractivity contribution in [3.05, 3.63) is 82.7 Å². The van der Waals surface area contributed by atoms with Crippen LogP contribution in [0.25, 0.3) is 10.9 Å². The molecule has 0 aliphatic rings. The van der Waals surface area contributed by atoms with E-state index in [1.54, 1.807) is 23.6 Å². The van der Waals surface area contributed by atoms with Gasteiger partial charge in [0.05, 0.1) is 9.77 Å². The van der Waals surface area contributed by atoms with Crippen LogP contribution in [0.15, 0.2) is 77.1 Å². The van der Waals surface area contributed by atoms with Crippen LogP contribution in [-0.2, 0) is 21.2 Å². The highest BCUT2D eigenvalue weighted by molar-refractivity contribution is 7.89. The molecule has 2 aromatic carbocycles. The second-order valence-electron chi connectivity index (χ2n) is 7.13. The molecule has 0 aliphatic carbocycles. The van der Waals surface area contributed by atoms with E-state index in [2.05, 4.69) is 15.6 Å². The maximum absolute atomic E-state index is 13.1. The summed E-state index contributed by atoms with van der Waals surface area (Å²) in [5, 5.41) is 13.4. The molecule has 2 amide bonds. The fraction of sp³-hybridized carbons (Fsp3) is 0.0909. The molecule has 4 rings (SSSR count). The molecule has 1 unspecified atom stereocenters. The number of thiophene rings is 1. The number of carbonyl (C=O) groups is 2. The Morgan fingerprint density at radius 2 is 1.88 bits per heavy atom. The van der Waals surface area contributed by atoms with Gasteiger partial charge in [0.2, 0.25) is 15.9 Å². The van der Waals surface area contributed by atoms with E-state index >= 15 is 0 Å². The zero-order valence-corrected chi connectivity index (χ0v) is 18.4. The van der Waals surface area contributed by atoms with Crippen LogP contribution >= 0.6 is 11.3 Å². The summed E-state index contributed by atoms with van der Waals surface area (Å²) in [7, 11) is -3.92. The number of H-pyrrole nitrogens is 1. The minimum absolute atomic E-state index is 0.119. The third kappa shape index (κ3) is 4.88. The van der Waals surface area contributed by atoms with Crippen molar-refractivity contribution in [2.75, 3.05) is 5.32 Å². The Hall–Kier alpha value is -3.47. The molecule has 2 aromatic heterocycles. The number of fused-ring (bicyclic) bond motifs is 1. The smallest absolute Gasteiger partial charge is 0.262 e. The fourth-order valence-corrected chi connectivity index (χ4v) is 4.53. The number of nitrogens with one attached hydrogen (secondary N) is 3. The zero-order chi connectivity index (χ0) is 22.7. The van der Waals surface area contributed by atoms with Crippen molar-refractivity contribution in [3.63, 3.8) is 0 Å². The number of amides is 2. The Bertz CT molecular complexity index is 1380. The van der Waals surface area contributed by atoms with Gasteiger partial charge in [-0.1, -0.05) is 30.3 Å². The lowest BCUT2D eigenvalue weighted by Crippen LogP contribution is -2.45. The predicted molar refractivity (Wildman–Crippen MR) is 124 cm³/mol. The molecular formula is C22H20N4O4S2. The summed E-state index contributed by atoms with van der Waals surface area (Å²) in [6.45, 7) is 0. The minimum atomic E-state index is -3.92. The van der Waals surface area contributed by atoms with Crippen LogP contribution in [0.2, 0.25) is 0 Å². The first-order valence-corrected chi connectivity index (χ1v) is 12.1. The molecule has 2 heterocycles. The van der Waals surface area contributed by atoms with E-state index in [4.69, 9.17) is 5.14 Å². The Morgan fingerprint density at radius 1 is 1.06 bits per heavy atom. The number of benzene rings is 2. The van der Waals surface area contributed by atoms with Crippen LogP contribution < -0.4 is 15.8 Å². The molecule has 164 valence electrons. The normalized spacial score (nSPS) is 12.4. The van der Waals surface area contributed by atoms with E-state index in [0.717, 1.165) is 16.5 Å². The van der Waals surface area contributed by atoms with Gasteiger partial charge in [0, 0.05) is 29.2 Å². The lowest BCUT2D eigenvalue weighted by Gasteiger charge is -2.18. The largest absolute Gasteiger partial charge is 0.361 e. The van der Waals surface area contributed by atoms with E-state index in [0.29, 0.717) is 4.88 Å². The number of aromatic nitrogens is 1. The highest BCUT2D eigenvalue weighted by Crippen LogP contribution is 2.21. The van der Waals surface area contributed by atoms with Gasteiger partial charge in [0.25, 0.3) is 5.91 Å². The van der Waals surface area contributed by atoms with E-state index in [9.17, 15) is 18.0 Å². The molecule has 0 fully saturated rings. The fourth-order valence-electron chi connectivity index (χ4n) is 3.35. The Balaban J connectivity index is 1.60. The number of sulfonamides is 1. The molecule has 8 nitrogen and oxygen atoms in total. The summed E-state index contributed by atoms with van der Waals surface area (Å²) in [5.41, 5.74) is 2.05. The van der Waals surface area contributed by atoms with Crippen molar-refractivity contribution in [2.24, 2.45) is 5.14 Å². The van der Waals surface area contributed by atoms with Gasteiger partial charge in [-0.05, 0) is 41.3 Å². The van der Waals surface area contributed by atoms with Gasteiger partial charge in [-0.25, -0.2) is 13.6 Å². The van der Waals surface area contributed by atoms with Crippen molar-refractivity contribution in [1.82, 2.24) is 10.3 Å². The highest BCUT2D eigenvalue weighted by Gasteiger charge is 2.24. The van der Waals surface area contributed by atoms with Gasteiger partial charge in [0.1, 0.15) is 6.04 Å². The third-order valence-corrected chi connectivity index (χ3v) is 6.68. The molecular weight excluding hydrogens is 448 g/mol. The maximum Gasteiger partial charge on any atom is 0.262 e. The number of nitrogens with two attached hydrogens (primary N) is 1. The highest BCUT2D eigenvalue weighted by atomic mass is 32.2. The number of para-hydroxylation sites is 1. The van der Waals surface area contributed by atoms with Crippen molar-refractivity contribution >= 4 is 49.8 Å². The van der Waals surface area contributed by atoms with Crippen LogP contribution in [0.5, 0.6) is 0 Å². The van der Waals surface area contributed by atoms with Crippen molar-refractivity contribution in [3.8, 4) is 0 Å². The number of hydrogen-bond acceptors (Lipinski definition) is 5. The first-order chi connectivity index (χ1) is 15.3. The van der Waals surface area contributed by atoms with Gasteiger partial charge in [-0.3, -0.25) is 9.59 Å². The molecule has 0 bridgehead atoms. The maximum atomic E-state index is 13.1. The molecule has 0 spiro atoms. The second kappa shape index (κ2) is 8.95. The molecule has 32 heavy (non-hydrogen) atoms. The topological polar surface area (TPSA) is 134 Å². The number of anilines is 1. The van der Waals surface area contributed by atoms with Crippen molar-refractivity contribution in [2.45, 2.75) is 17.4 Å². The van der Waals surface area contributed by atoms with E-state index in [1.807, 2.05) is 30.5 Å². The number of primary sulfonamides is 1. The number of carbonyl (C=O) groups excluding carboxylic acids is 2. The van der Waals surface area contributed by atoms with Gasteiger partial charge in [-0.15, -0.1) is 11.3 Å². The van der Waals surface area contributed by atoms with Gasteiger partial charge < -0.3 is 15.6 Å². The monoisotopic (exact) mass is 468 g/mol. The first kappa shape index (κ1) is 21.8. The zero-order valence-electron chi connectivity index (χ0n) is 16.7. The Morgan fingerprint density at radius 3 is 2.62 bits per heavy atom. The van der Waals surface area contributed by atoms with E-state index < -0.39 is 22.0 Å². The predicted octanol–water partition coefficient (Wildman–Crippen LogP) is 2.86. The van der Waals surface area contributed by atoms with Gasteiger partial charge in [0.15, 0.2) is 0 Å². The third-order valence-electron chi connectivity index (χ3n) is 4.90. The summed E-state index contributed by atoms with van der Waals surface area (Å²) in [4.78, 5) is 29.3. The molecule has 0 saturated carbocycles. The molecule has 0 radical (unpaired) electrons. The van der Waals surface area contributed by atoms with Gasteiger partial charge >= 0.3 is 0 Å². The molecule has 4 aromatic rings. The molecule has 1 atom stereocenters. The summed E-state index contributed by atoms with van der Waals surface area (Å²) in [5.74, 6) is -0.843. The van der Waals surface area contributed by atoms with Crippen LogP contribution in [0, 0.1) is 0 Å². The quantitative estimate of drug-likeness (QED) is 0.332. The Labute approximate surface area is 188 Å². The minimum Gasteiger partial charge on any atom is -0.361 e. The average molecular weight is 469 g/mol. The standard InChI is InChI=1S/C22H20N4O4S2/c23-32(29,30)16-6-3-5-15(12-16)25-21(27)19(26-22(28)20-9-4-10-31-20)11-14-13-24-18-8-2-1-7-17(14)18/h1-10,12-13,19,24H,11H2,(H,25,27)(H,26,28)(H2,23,29,30). The average Bonchev–Trinajstić information content (AvgIpc) is 3.43. The number of aromatic amines is 1. The molecule has 10 heteroatoms. The molecule has 0 aliphatic heterocycles. The summed E-state index contributed by atoms with van der Waals surface area (Å²) < 4.78 is 23.2. The van der Waals surface area contributed by atoms with Crippen LogP contribution in [-0.4, -0.2) is 31.3 Å². The Kier molecular flexibility index (Phi) is 6.08. The second-order valence-corrected chi connectivity index (χ2v) is 9.64. The summed E-state index contributed by atoms with van der Waals surface area (Å²) in [6.07, 6.45) is 2.05. The van der Waals surface area contributed by atoms with Crippen LogP contribution in [0.1, 0.15) is 15.2 Å². The number of rotatable bonds is 7. The lowest BCUT2D eigenvalue weighted by atomic mass is 10.0. The van der Waals surface area contributed by atoms with Gasteiger partial charge in [-0.2, -0.15) is 0 Å². The molecule has 0 saturated heterocycles. The number of hydrogen-bond donors (Lipinski definition) is 4. The van der Waals surface area contributed by atoms with Crippen molar-refractivity contribution < 1.29 is 18.0 Å². The lowest BCUT2D eigenvalue weighted by molar-refractivity contribution is -0.118. The van der Waals surface area contributed by atoms with Crippen LogP contribution in [0.3, 0.4) is 0 Å². The summed E-state index contributed by atoms with van der Waals surface area (Å²) >= 11 is 1.27. The van der Waals surface area contributed by atoms with E-state index in [-0.39, 0.29) is 22.9 Å². The molecule has 5 N–H and O–H groups in total.